The van der Waals surface area contributed by atoms with E-state index in [4.69, 9.17) is 0 Å². The van der Waals surface area contributed by atoms with Crippen LogP contribution < -0.4 is 5.32 Å². The molecule has 84 valence electrons. The molecule has 0 saturated carbocycles. The molecule has 3 nitrogen and oxygen atoms in total. The fourth-order valence-corrected chi connectivity index (χ4v) is 1.93. The molecule has 1 amide bonds. The summed E-state index contributed by atoms with van der Waals surface area (Å²) in [6.07, 6.45) is -0.798. The van der Waals surface area contributed by atoms with E-state index in [1.54, 1.807) is 6.92 Å². The van der Waals surface area contributed by atoms with Crippen molar-refractivity contribution in [3.63, 3.8) is 0 Å². The summed E-state index contributed by atoms with van der Waals surface area (Å²) < 4.78 is 25.0. The largest absolute Gasteiger partial charge is 0.368 e. The summed E-state index contributed by atoms with van der Waals surface area (Å²) in [5, 5.41) is 11.6. The lowest BCUT2D eigenvalue weighted by atomic mass is 10.2. The molecule has 0 aromatic carbocycles. The minimum absolute atomic E-state index is 0.160. The van der Waals surface area contributed by atoms with E-state index in [1.165, 1.54) is 6.92 Å². The van der Waals surface area contributed by atoms with Crippen LogP contribution in [0.3, 0.4) is 0 Å². The average molecular weight is 235 g/mol. The van der Waals surface area contributed by atoms with Crippen molar-refractivity contribution < 1.29 is 18.7 Å². The van der Waals surface area contributed by atoms with Gasteiger partial charge in [-0.2, -0.15) is 8.78 Å². The van der Waals surface area contributed by atoms with Crippen LogP contribution in [-0.2, 0) is 4.79 Å². The number of amides is 1. The van der Waals surface area contributed by atoms with Gasteiger partial charge in [-0.05, 0) is 18.8 Å². The van der Waals surface area contributed by atoms with Crippen molar-refractivity contribution >= 4 is 17.7 Å². The summed E-state index contributed by atoms with van der Waals surface area (Å²) in [4.78, 5) is 10.9. The van der Waals surface area contributed by atoms with Gasteiger partial charge in [-0.3, -0.25) is 4.79 Å². The van der Waals surface area contributed by atoms with E-state index < -0.39 is 17.7 Å². The maximum Gasteiger partial charge on any atom is 0.284 e. The third kappa shape index (κ3) is 2.79. The van der Waals surface area contributed by atoms with Gasteiger partial charge in [0, 0.05) is 0 Å². The molecule has 0 saturated heterocycles. The van der Waals surface area contributed by atoms with E-state index in [0.29, 0.717) is 5.75 Å². The number of hydrogen-bond donors (Lipinski definition) is 2. The van der Waals surface area contributed by atoms with Crippen LogP contribution in [0.4, 0.5) is 8.78 Å². The van der Waals surface area contributed by atoms with Crippen molar-refractivity contribution in [3.8, 4) is 0 Å². The Morgan fingerprint density at radius 1 is 1.67 bits per heavy atom. The van der Waals surface area contributed by atoms with Crippen molar-refractivity contribution in [2.24, 2.45) is 0 Å². The molecule has 2 N–H and O–H groups in total. The van der Waals surface area contributed by atoms with Crippen molar-refractivity contribution in [1.82, 2.24) is 5.32 Å². The average Bonchev–Trinajstić information content (AvgIpc) is 2.35. The lowest BCUT2D eigenvalue weighted by molar-refractivity contribution is -0.119. The van der Waals surface area contributed by atoms with Gasteiger partial charge in [-0.1, -0.05) is 6.92 Å². The highest BCUT2D eigenvalue weighted by atomic mass is 32.2. The Morgan fingerprint density at radius 2 is 2.27 bits per heavy atom. The van der Waals surface area contributed by atoms with E-state index in [1.807, 2.05) is 0 Å². The summed E-state index contributed by atoms with van der Waals surface area (Å²) in [6.45, 7) is 3.03. The van der Waals surface area contributed by atoms with Crippen molar-refractivity contribution in [3.05, 3.63) is 22.6 Å². The summed E-state index contributed by atoms with van der Waals surface area (Å²) in [6, 6.07) is 0. The first kappa shape index (κ1) is 12.2. The van der Waals surface area contributed by atoms with Crippen LogP contribution in [0, 0.1) is 0 Å². The van der Waals surface area contributed by atoms with Gasteiger partial charge in [0.2, 0.25) is 0 Å². The number of aliphatic hydroxyl groups is 1. The molecule has 0 aromatic heterocycles. The maximum absolute atomic E-state index is 12.5. The second kappa shape index (κ2) is 4.32. The first-order valence-corrected chi connectivity index (χ1v) is 5.32. The van der Waals surface area contributed by atoms with Gasteiger partial charge in [-0.25, -0.2) is 0 Å². The van der Waals surface area contributed by atoms with Gasteiger partial charge in [0.25, 0.3) is 12.0 Å². The number of thioether (sulfide) groups is 1. The molecular weight excluding hydrogens is 224 g/mol. The molecule has 1 atom stereocenters. The lowest BCUT2D eigenvalue weighted by Gasteiger charge is -2.12. The van der Waals surface area contributed by atoms with E-state index in [9.17, 15) is 18.7 Å². The Balaban J connectivity index is 3.06. The van der Waals surface area contributed by atoms with E-state index in [2.05, 4.69) is 5.32 Å². The van der Waals surface area contributed by atoms with Gasteiger partial charge >= 0.3 is 0 Å². The second-order valence-corrected chi connectivity index (χ2v) is 4.46. The summed E-state index contributed by atoms with van der Waals surface area (Å²) in [7, 11) is 0. The molecule has 1 aliphatic heterocycles. The zero-order valence-corrected chi connectivity index (χ0v) is 9.12. The first-order chi connectivity index (χ1) is 6.87. The third-order valence-electron chi connectivity index (χ3n) is 1.74. The number of halogens is 2. The Morgan fingerprint density at radius 3 is 2.60 bits per heavy atom. The molecule has 1 unspecified atom stereocenters. The standard InChI is InChI=1S/C9H11F2NO2S/c1-3-15-6(7(10)11)5-4-9(2,14)12-8(5)13/h4,14H,3H2,1-2H3,(H,12,13). The van der Waals surface area contributed by atoms with Crippen LogP contribution in [0.25, 0.3) is 0 Å². The smallest absolute Gasteiger partial charge is 0.284 e. The van der Waals surface area contributed by atoms with Crippen LogP contribution >= 0.6 is 11.8 Å². The van der Waals surface area contributed by atoms with Gasteiger partial charge in [0.1, 0.15) is 0 Å². The fourth-order valence-electron chi connectivity index (χ4n) is 1.23. The topological polar surface area (TPSA) is 49.3 Å². The SMILES string of the molecule is CCSC(C1=CC(C)(O)NC1=O)=C(F)F. The lowest BCUT2D eigenvalue weighted by Crippen LogP contribution is -2.38. The summed E-state index contributed by atoms with van der Waals surface area (Å²) in [5.74, 6) is -0.247. The highest BCUT2D eigenvalue weighted by molar-refractivity contribution is 8.03. The van der Waals surface area contributed by atoms with Gasteiger partial charge < -0.3 is 10.4 Å². The van der Waals surface area contributed by atoms with Crippen molar-refractivity contribution in [2.45, 2.75) is 19.6 Å². The van der Waals surface area contributed by atoms with Crippen molar-refractivity contribution in [1.29, 1.82) is 0 Å². The minimum Gasteiger partial charge on any atom is -0.368 e. The molecule has 0 radical (unpaired) electrons. The molecule has 6 heteroatoms. The molecule has 1 rings (SSSR count). The zero-order valence-electron chi connectivity index (χ0n) is 8.30. The summed E-state index contributed by atoms with van der Waals surface area (Å²) in [5.41, 5.74) is -1.70. The number of rotatable bonds is 3. The van der Waals surface area contributed by atoms with E-state index in [-0.39, 0.29) is 10.5 Å². The Kier molecular flexibility index (Phi) is 3.51. The first-order valence-electron chi connectivity index (χ1n) is 4.33. The monoisotopic (exact) mass is 235 g/mol. The van der Waals surface area contributed by atoms with Crippen LogP contribution in [0.5, 0.6) is 0 Å². The molecule has 0 fully saturated rings. The Hall–Kier alpha value is -0.880. The number of nitrogens with one attached hydrogen (secondary N) is 1. The quantitative estimate of drug-likeness (QED) is 0.781. The molecule has 15 heavy (non-hydrogen) atoms. The Bertz CT molecular complexity index is 346. The molecule has 0 aromatic rings. The fraction of sp³-hybridized carbons (Fsp3) is 0.444. The second-order valence-electron chi connectivity index (χ2n) is 3.18. The number of carbonyl (C=O) groups is 1. The highest BCUT2D eigenvalue weighted by Crippen LogP contribution is 2.32. The van der Waals surface area contributed by atoms with Gasteiger partial charge in [0.15, 0.2) is 5.72 Å². The summed E-state index contributed by atoms with van der Waals surface area (Å²) >= 11 is 0.876. The number of hydrogen-bond acceptors (Lipinski definition) is 3. The van der Waals surface area contributed by atoms with E-state index >= 15 is 0 Å². The molecule has 1 heterocycles. The van der Waals surface area contributed by atoms with Crippen molar-refractivity contribution in [2.75, 3.05) is 5.75 Å². The minimum atomic E-state index is -1.90. The molecule has 0 bridgehead atoms. The normalized spacial score (nSPS) is 24.9. The molecular formula is C9H11F2NO2S. The zero-order chi connectivity index (χ0) is 11.6. The van der Waals surface area contributed by atoms with Gasteiger partial charge in [0.05, 0.1) is 10.5 Å². The van der Waals surface area contributed by atoms with Crippen LogP contribution in [0.1, 0.15) is 13.8 Å². The van der Waals surface area contributed by atoms with Gasteiger partial charge in [-0.15, -0.1) is 11.8 Å². The molecule has 0 aliphatic carbocycles. The number of carbonyl (C=O) groups excluding carboxylic acids is 1. The van der Waals surface area contributed by atoms with Crippen LogP contribution in [0.15, 0.2) is 22.6 Å². The van der Waals surface area contributed by atoms with Crippen LogP contribution in [-0.4, -0.2) is 22.5 Å². The molecule has 1 aliphatic rings. The maximum atomic E-state index is 12.5. The Labute approximate surface area is 90.2 Å². The highest BCUT2D eigenvalue weighted by Gasteiger charge is 2.34. The third-order valence-corrected chi connectivity index (χ3v) is 2.69. The predicted molar refractivity (Wildman–Crippen MR) is 54.2 cm³/mol. The molecule has 0 spiro atoms. The van der Waals surface area contributed by atoms with E-state index in [0.717, 1.165) is 17.8 Å². The predicted octanol–water partition coefficient (Wildman–Crippen LogP) is 1.61. The van der Waals surface area contributed by atoms with Crippen LogP contribution in [0.2, 0.25) is 0 Å².